The fraction of sp³-hybridized carbons (Fsp3) is 0.600. The second-order valence-electron chi connectivity index (χ2n) is 5.42. The Bertz CT molecular complexity index is 547. The molecule has 0 aliphatic rings. The zero-order valence-corrected chi connectivity index (χ0v) is 12.9. The summed E-state index contributed by atoms with van der Waals surface area (Å²) < 4.78 is 2.28. The van der Waals surface area contributed by atoms with Gasteiger partial charge in [0.25, 0.3) is 0 Å². The highest BCUT2D eigenvalue weighted by Crippen LogP contribution is 2.30. The lowest BCUT2D eigenvalue weighted by atomic mass is 10.00. The highest BCUT2D eigenvalue weighted by Gasteiger charge is 2.20. The molecule has 0 aromatic carbocycles. The van der Waals surface area contributed by atoms with E-state index >= 15 is 0 Å². The monoisotopic (exact) mass is 279 g/mol. The maximum Gasteiger partial charge on any atom is 0.128 e. The van der Waals surface area contributed by atoms with E-state index in [1.807, 2.05) is 25.4 Å². The fourth-order valence-electron chi connectivity index (χ4n) is 2.57. The second kappa shape index (κ2) is 5.91. The Balaban J connectivity index is 2.47. The van der Waals surface area contributed by atoms with Gasteiger partial charge in [0.05, 0.1) is 17.1 Å². The molecule has 0 N–H and O–H groups in total. The smallest absolute Gasteiger partial charge is 0.128 e. The maximum absolute atomic E-state index is 6.29. The van der Waals surface area contributed by atoms with Crippen LogP contribution in [0.2, 0.25) is 0 Å². The third-order valence-corrected chi connectivity index (χ3v) is 3.95. The number of hydrogen-bond acceptors (Lipinski definition) is 2. The van der Waals surface area contributed by atoms with Crippen molar-refractivity contribution in [2.45, 2.75) is 52.0 Å². The summed E-state index contributed by atoms with van der Waals surface area (Å²) in [5, 5.41) is -0.0909. The third kappa shape index (κ3) is 2.92. The van der Waals surface area contributed by atoms with Gasteiger partial charge in [-0.05, 0) is 32.3 Å². The highest BCUT2D eigenvalue weighted by molar-refractivity contribution is 6.20. The van der Waals surface area contributed by atoms with E-state index in [-0.39, 0.29) is 5.38 Å². The average molecular weight is 280 g/mol. The van der Waals surface area contributed by atoms with Gasteiger partial charge in [-0.3, -0.25) is 4.98 Å². The van der Waals surface area contributed by atoms with E-state index < -0.39 is 0 Å². The van der Waals surface area contributed by atoms with Crippen LogP contribution < -0.4 is 0 Å². The number of aromatic nitrogens is 3. The molecule has 3 unspecified atom stereocenters. The first-order valence-electron chi connectivity index (χ1n) is 7.00. The second-order valence-corrected chi connectivity index (χ2v) is 6.07. The Kier molecular flexibility index (Phi) is 4.46. The van der Waals surface area contributed by atoms with Crippen molar-refractivity contribution in [2.24, 2.45) is 5.92 Å². The minimum absolute atomic E-state index is 0.0909. The molecule has 0 fully saturated rings. The summed E-state index contributed by atoms with van der Waals surface area (Å²) >= 11 is 6.29. The van der Waals surface area contributed by atoms with Gasteiger partial charge in [0.15, 0.2) is 0 Å². The van der Waals surface area contributed by atoms with Gasteiger partial charge in [-0.15, -0.1) is 11.6 Å². The molecule has 0 aliphatic heterocycles. The molecule has 0 saturated carbocycles. The van der Waals surface area contributed by atoms with Crippen molar-refractivity contribution in [3.05, 3.63) is 24.3 Å². The quantitative estimate of drug-likeness (QED) is 0.741. The molecule has 0 spiro atoms. The van der Waals surface area contributed by atoms with Crippen molar-refractivity contribution in [2.75, 3.05) is 0 Å². The van der Waals surface area contributed by atoms with Crippen LogP contribution in [0.15, 0.2) is 18.5 Å². The van der Waals surface area contributed by atoms with E-state index in [1.54, 1.807) is 0 Å². The van der Waals surface area contributed by atoms with E-state index in [4.69, 9.17) is 11.6 Å². The number of pyridine rings is 1. The van der Waals surface area contributed by atoms with E-state index in [0.717, 1.165) is 23.3 Å². The Hall–Kier alpha value is -1.09. The lowest BCUT2D eigenvalue weighted by molar-refractivity contribution is 0.397. The van der Waals surface area contributed by atoms with Crippen LogP contribution in [0, 0.1) is 5.92 Å². The molecule has 0 bridgehead atoms. The molecule has 2 rings (SSSR count). The topological polar surface area (TPSA) is 30.7 Å². The number of imidazole rings is 1. The number of rotatable bonds is 5. The van der Waals surface area contributed by atoms with Gasteiger partial charge < -0.3 is 4.57 Å². The first-order valence-corrected chi connectivity index (χ1v) is 7.44. The normalized spacial score (nSPS) is 16.5. The number of nitrogens with zero attached hydrogens (tertiary/aromatic N) is 3. The van der Waals surface area contributed by atoms with Crippen LogP contribution in [0.1, 0.15) is 57.8 Å². The van der Waals surface area contributed by atoms with Gasteiger partial charge in [0.1, 0.15) is 11.3 Å². The Labute approximate surface area is 120 Å². The lowest BCUT2D eigenvalue weighted by Gasteiger charge is -2.21. The molecule has 0 saturated heterocycles. The largest absolute Gasteiger partial charge is 0.324 e. The minimum Gasteiger partial charge on any atom is -0.324 e. The number of alkyl halides is 1. The molecule has 104 valence electrons. The zero-order valence-electron chi connectivity index (χ0n) is 12.1. The van der Waals surface area contributed by atoms with Gasteiger partial charge in [-0.1, -0.05) is 20.3 Å². The van der Waals surface area contributed by atoms with Gasteiger partial charge >= 0.3 is 0 Å². The minimum atomic E-state index is -0.0909. The molecule has 2 aromatic heterocycles. The summed E-state index contributed by atoms with van der Waals surface area (Å²) in [7, 11) is 0. The van der Waals surface area contributed by atoms with Crippen LogP contribution in [-0.4, -0.2) is 14.5 Å². The molecule has 19 heavy (non-hydrogen) atoms. The zero-order chi connectivity index (χ0) is 14.0. The molecule has 2 heterocycles. The molecule has 0 radical (unpaired) electrons. The van der Waals surface area contributed by atoms with Crippen molar-refractivity contribution in [1.29, 1.82) is 0 Å². The van der Waals surface area contributed by atoms with Crippen LogP contribution in [0.3, 0.4) is 0 Å². The van der Waals surface area contributed by atoms with Gasteiger partial charge in [-0.2, -0.15) is 0 Å². The molecule has 0 aliphatic carbocycles. The maximum atomic E-state index is 6.29. The summed E-state index contributed by atoms with van der Waals surface area (Å²) in [5.41, 5.74) is 2.06. The molecule has 3 nitrogen and oxygen atoms in total. The van der Waals surface area contributed by atoms with Crippen LogP contribution in [0.5, 0.6) is 0 Å². The van der Waals surface area contributed by atoms with E-state index in [0.29, 0.717) is 12.0 Å². The highest BCUT2D eigenvalue weighted by atomic mass is 35.5. The molecular weight excluding hydrogens is 258 g/mol. The van der Waals surface area contributed by atoms with Crippen molar-refractivity contribution in [3.63, 3.8) is 0 Å². The summed E-state index contributed by atoms with van der Waals surface area (Å²) in [6.07, 6.45) is 5.97. The summed E-state index contributed by atoms with van der Waals surface area (Å²) in [6, 6.07) is 2.43. The van der Waals surface area contributed by atoms with E-state index in [2.05, 4.69) is 35.3 Å². The molecular formula is C15H22ClN3. The Morgan fingerprint density at radius 1 is 1.32 bits per heavy atom. The molecule has 2 aromatic rings. The van der Waals surface area contributed by atoms with Gasteiger partial charge in [0, 0.05) is 12.2 Å². The fourth-order valence-corrected chi connectivity index (χ4v) is 2.72. The standard InChI is InChI=1S/C15H22ClN3/c1-5-10(2)8-11(3)19-14-6-7-17-9-13(14)18-15(19)12(4)16/h6-7,9-12H,5,8H2,1-4H3. The van der Waals surface area contributed by atoms with Crippen LogP contribution in [0.25, 0.3) is 11.0 Å². The van der Waals surface area contributed by atoms with Gasteiger partial charge in [-0.25, -0.2) is 4.98 Å². The van der Waals surface area contributed by atoms with Crippen LogP contribution in [0.4, 0.5) is 0 Å². The van der Waals surface area contributed by atoms with Crippen molar-refractivity contribution < 1.29 is 0 Å². The third-order valence-electron chi connectivity index (χ3n) is 3.76. The van der Waals surface area contributed by atoms with Crippen LogP contribution >= 0.6 is 11.6 Å². The van der Waals surface area contributed by atoms with Gasteiger partial charge in [0.2, 0.25) is 0 Å². The number of fused-ring (bicyclic) bond motifs is 1. The van der Waals surface area contributed by atoms with Crippen molar-refractivity contribution in [3.8, 4) is 0 Å². The number of halogens is 1. The number of hydrogen-bond donors (Lipinski definition) is 0. The lowest BCUT2D eigenvalue weighted by Crippen LogP contribution is -2.12. The average Bonchev–Trinajstić information content (AvgIpc) is 2.78. The van der Waals surface area contributed by atoms with E-state index in [1.165, 1.54) is 6.42 Å². The summed E-state index contributed by atoms with van der Waals surface area (Å²) in [5.74, 6) is 1.65. The Morgan fingerprint density at radius 3 is 2.68 bits per heavy atom. The molecule has 4 heteroatoms. The molecule has 3 atom stereocenters. The SMILES string of the molecule is CCC(C)CC(C)n1c(C(C)Cl)nc2cnccc21. The predicted molar refractivity (Wildman–Crippen MR) is 80.6 cm³/mol. The molecule has 0 amide bonds. The van der Waals surface area contributed by atoms with Crippen LogP contribution in [-0.2, 0) is 0 Å². The van der Waals surface area contributed by atoms with E-state index in [9.17, 15) is 0 Å². The summed E-state index contributed by atoms with van der Waals surface area (Å²) in [6.45, 7) is 8.75. The first-order chi connectivity index (χ1) is 9.04. The van der Waals surface area contributed by atoms with Crippen molar-refractivity contribution >= 4 is 22.6 Å². The predicted octanol–water partition coefficient (Wildman–Crippen LogP) is 4.73. The van der Waals surface area contributed by atoms with Crippen molar-refractivity contribution in [1.82, 2.24) is 14.5 Å². The summed E-state index contributed by atoms with van der Waals surface area (Å²) in [4.78, 5) is 8.78. The first kappa shape index (κ1) is 14.3. The Morgan fingerprint density at radius 2 is 2.05 bits per heavy atom.